The van der Waals surface area contributed by atoms with Crippen LogP contribution in [-0.4, -0.2) is 53.2 Å². The standard InChI is InChI=1S/C27H30N2O5/c30-25(31)15-23(26(32)29-14-6-8-17-7-5-13-24(17)29)28-27(33)34-16-22-20-11-3-1-9-18(20)19-10-2-4-12-21(19)22/h1-4,9-12,17,22-24H,5-8,13-16H2,(H,28,33)(H,30,31). The van der Waals surface area contributed by atoms with E-state index in [1.54, 1.807) is 4.90 Å². The molecule has 3 unspecified atom stereocenters. The minimum atomic E-state index is -1.13. The number of hydrogen-bond donors (Lipinski definition) is 2. The van der Waals surface area contributed by atoms with E-state index in [1.165, 1.54) is 0 Å². The second-order valence-corrected chi connectivity index (χ2v) is 9.55. The van der Waals surface area contributed by atoms with Gasteiger partial charge in [-0.3, -0.25) is 9.59 Å². The number of alkyl carbamates (subject to hydrolysis) is 1. The van der Waals surface area contributed by atoms with Gasteiger partial charge in [0.05, 0.1) is 6.42 Å². The van der Waals surface area contributed by atoms with E-state index in [2.05, 4.69) is 17.4 Å². The van der Waals surface area contributed by atoms with Crippen molar-refractivity contribution >= 4 is 18.0 Å². The molecule has 0 aromatic heterocycles. The molecule has 3 atom stereocenters. The third-order valence-electron chi connectivity index (χ3n) is 7.59. The fourth-order valence-electron chi connectivity index (χ4n) is 6.08. The largest absolute Gasteiger partial charge is 0.481 e. The first-order chi connectivity index (χ1) is 16.5. The van der Waals surface area contributed by atoms with E-state index in [4.69, 9.17) is 4.74 Å². The van der Waals surface area contributed by atoms with Gasteiger partial charge in [-0.1, -0.05) is 55.0 Å². The average Bonchev–Trinajstić information content (AvgIpc) is 3.44. The quantitative estimate of drug-likeness (QED) is 0.672. The molecule has 2 aromatic rings. The molecular formula is C27H30N2O5. The Hall–Kier alpha value is -3.35. The van der Waals surface area contributed by atoms with E-state index < -0.39 is 24.5 Å². The van der Waals surface area contributed by atoms with Gasteiger partial charge in [0.15, 0.2) is 0 Å². The van der Waals surface area contributed by atoms with Crippen molar-refractivity contribution in [3.63, 3.8) is 0 Å². The zero-order valence-corrected chi connectivity index (χ0v) is 19.1. The molecular weight excluding hydrogens is 432 g/mol. The van der Waals surface area contributed by atoms with Crippen molar-refractivity contribution in [2.45, 2.75) is 56.5 Å². The highest BCUT2D eigenvalue weighted by Gasteiger charge is 2.40. The highest BCUT2D eigenvalue weighted by molar-refractivity contribution is 5.89. The monoisotopic (exact) mass is 462 g/mol. The van der Waals surface area contributed by atoms with Gasteiger partial charge in [-0.2, -0.15) is 0 Å². The molecule has 2 fully saturated rings. The number of carbonyl (C=O) groups excluding carboxylic acids is 2. The summed E-state index contributed by atoms with van der Waals surface area (Å²) in [5.41, 5.74) is 4.44. The second-order valence-electron chi connectivity index (χ2n) is 9.55. The maximum absolute atomic E-state index is 13.3. The van der Waals surface area contributed by atoms with Gasteiger partial charge in [-0.15, -0.1) is 0 Å². The molecule has 1 saturated heterocycles. The van der Waals surface area contributed by atoms with Crippen LogP contribution in [0.3, 0.4) is 0 Å². The Labute approximate surface area is 199 Å². The Morgan fingerprint density at radius 3 is 2.29 bits per heavy atom. The minimum Gasteiger partial charge on any atom is -0.481 e. The van der Waals surface area contributed by atoms with Crippen molar-refractivity contribution in [3.05, 3.63) is 59.7 Å². The highest BCUT2D eigenvalue weighted by Crippen LogP contribution is 2.44. The van der Waals surface area contributed by atoms with Crippen molar-refractivity contribution in [2.24, 2.45) is 5.92 Å². The number of benzene rings is 2. The Morgan fingerprint density at radius 1 is 0.971 bits per heavy atom. The van der Waals surface area contributed by atoms with E-state index in [0.717, 1.165) is 54.4 Å². The lowest BCUT2D eigenvalue weighted by Gasteiger charge is -2.39. The fraction of sp³-hybridized carbons (Fsp3) is 0.444. The number of rotatable bonds is 6. The molecule has 5 rings (SSSR count). The molecule has 2 N–H and O–H groups in total. The van der Waals surface area contributed by atoms with Crippen molar-refractivity contribution in [3.8, 4) is 11.1 Å². The van der Waals surface area contributed by atoms with Crippen molar-refractivity contribution < 1.29 is 24.2 Å². The van der Waals surface area contributed by atoms with E-state index in [1.807, 2.05) is 36.4 Å². The molecule has 34 heavy (non-hydrogen) atoms. The molecule has 2 aliphatic carbocycles. The Morgan fingerprint density at radius 2 is 1.62 bits per heavy atom. The molecule has 3 aliphatic rings. The van der Waals surface area contributed by atoms with Crippen molar-refractivity contribution in [1.29, 1.82) is 0 Å². The average molecular weight is 463 g/mol. The van der Waals surface area contributed by atoms with Crippen LogP contribution in [0, 0.1) is 5.92 Å². The van der Waals surface area contributed by atoms with Gasteiger partial charge >= 0.3 is 12.1 Å². The van der Waals surface area contributed by atoms with Crippen LogP contribution >= 0.6 is 0 Å². The van der Waals surface area contributed by atoms with Gasteiger partial charge in [0, 0.05) is 18.5 Å². The maximum Gasteiger partial charge on any atom is 0.407 e. The molecule has 7 heteroatoms. The molecule has 1 aliphatic heterocycles. The normalized spacial score (nSPS) is 21.8. The SMILES string of the molecule is O=C(O)CC(NC(=O)OCC1c2ccccc2-c2ccccc21)C(=O)N1CCCC2CCCC21. The van der Waals surface area contributed by atoms with Crippen LogP contribution in [0.1, 0.15) is 55.6 Å². The molecule has 1 heterocycles. The summed E-state index contributed by atoms with van der Waals surface area (Å²) in [5.74, 6) is -1.06. The number of aliphatic carboxylic acids is 1. The molecule has 0 bridgehead atoms. The number of nitrogens with one attached hydrogen (secondary N) is 1. The van der Waals surface area contributed by atoms with Crippen molar-refractivity contribution in [2.75, 3.05) is 13.2 Å². The number of likely N-dealkylation sites (tertiary alicyclic amines) is 1. The summed E-state index contributed by atoms with van der Waals surface area (Å²) in [6, 6.07) is 15.1. The van der Waals surface area contributed by atoms with Crippen LogP contribution in [0.4, 0.5) is 4.79 Å². The summed E-state index contributed by atoms with van der Waals surface area (Å²) in [6.45, 7) is 0.727. The number of carboxylic acid groups (broad SMARTS) is 1. The van der Waals surface area contributed by atoms with Gasteiger partial charge in [0.25, 0.3) is 0 Å². The van der Waals surface area contributed by atoms with Gasteiger partial charge in [-0.05, 0) is 53.9 Å². The molecule has 178 valence electrons. The lowest BCUT2D eigenvalue weighted by Crippen LogP contribution is -2.55. The van der Waals surface area contributed by atoms with Gasteiger partial charge in [0.2, 0.25) is 5.91 Å². The predicted octanol–water partition coefficient (Wildman–Crippen LogP) is 4.16. The van der Waals surface area contributed by atoms with Gasteiger partial charge in [0.1, 0.15) is 12.6 Å². The van der Waals surface area contributed by atoms with Crippen LogP contribution in [-0.2, 0) is 14.3 Å². The summed E-state index contributed by atoms with van der Waals surface area (Å²) < 4.78 is 5.56. The van der Waals surface area contributed by atoms with Crippen LogP contribution in [0.25, 0.3) is 11.1 Å². The first kappa shape index (κ1) is 22.4. The van der Waals surface area contributed by atoms with Crippen LogP contribution in [0.2, 0.25) is 0 Å². The first-order valence-electron chi connectivity index (χ1n) is 12.2. The number of carbonyl (C=O) groups is 3. The number of hydrogen-bond acceptors (Lipinski definition) is 4. The summed E-state index contributed by atoms with van der Waals surface area (Å²) >= 11 is 0. The number of carboxylic acids is 1. The lowest BCUT2D eigenvalue weighted by molar-refractivity contribution is -0.144. The Kier molecular flexibility index (Phi) is 6.26. The lowest BCUT2D eigenvalue weighted by atomic mass is 9.91. The number of ether oxygens (including phenoxy) is 1. The van der Waals surface area contributed by atoms with Crippen LogP contribution in [0.5, 0.6) is 0 Å². The highest BCUT2D eigenvalue weighted by atomic mass is 16.5. The zero-order valence-electron chi connectivity index (χ0n) is 19.1. The maximum atomic E-state index is 13.3. The van der Waals surface area contributed by atoms with Gasteiger partial charge in [-0.25, -0.2) is 4.79 Å². The molecule has 0 radical (unpaired) electrons. The number of nitrogens with zero attached hydrogens (tertiary/aromatic N) is 1. The Bertz CT molecular complexity index is 1050. The third kappa shape index (κ3) is 4.27. The fourth-order valence-corrected chi connectivity index (χ4v) is 6.08. The van der Waals surface area contributed by atoms with Gasteiger partial charge < -0.3 is 20.1 Å². The van der Waals surface area contributed by atoms with Crippen LogP contribution < -0.4 is 5.32 Å². The van der Waals surface area contributed by atoms with Crippen molar-refractivity contribution in [1.82, 2.24) is 10.2 Å². The summed E-state index contributed by atoms with van der Waals surface area (Å²) in [4.78, 5) is 39.3. The van der Waals surface area contributed by atoms with E-state index in [-0.39, 0.29) is 24.5 Å². The third-order valence-corrected chi connectivity index (χ3v) is 7.59. The molecule has 7 nitrogen and oxygen atoms in total. The summed E-state index contributed by atoms with van der Waals surface area (Å²) in [5, 5.41) is 12.0. The Balaban J connectivity index is 1.27. The smallest absolute Gasteiger partial charge is 0.407 e. The molecule has 1 saturated carbocycles. The summed E-state index contributed by atoms with van der Waals surface area (Å²) in [6.07, 6.45) is 3.94. The molecule has 0 spiro atoms. The number of amides is 2. The van der Waals surface area contributed by atoms with Crippen LogP contribution in [0.15, 0.2) is 48.5 Å². The predicted molar refractivity (Wildman–Crippen MR) is 126 cm³/mol. The summed E-state index contributed by atoms with van der Waals surface area (Å²) in [7, 11) is 0. The van der Waals surface area contributed by atoms with E-state index in [9.17, 15) is 19.5 Å². The minimum absolute atomic E-state index is 0.104. The second kappa shape index (κ2) is 9.49. The molecule has 2 aromatic carbocycles. The number of piperidine rings is 1. The van der Waals surface area contributed by atoms with E-state index >= 15 is 0 Å². The first-order valence-corrected chi connectivity index (χ1v) is 12.2. The molecule has 2 amide bonds. The van der Waals surface area contributed by atoms with E-state index in [0.29, 0.717) is 12.5 Å². The zero-order chi connectivity index (χ0) is 23.7. The topological polar surface area (TPSA) is 95.9 Å². The number of fused-ring (bicyclic) bond motifs is 4.